The molecule has 124 valence electrons. The fourth-order valence-electron chi connectivity index (χ4n) is 2.54. The molecule has 0 saturated heterocycles. The van der Waals surface area contributed by atoms with E-state index in [4.69, 9.17) is 0 Å². The number of nitrogens with zero attached hydrogens (tertiary/aromatic N) is 3. The van der Waals surface area contributed by atoms with E-state index in [0.29, 0.717) is 17.4 Å². The van der Waals surface area contributed by atoms with Crippen molar-refractivity contribution in [2.24, 2.45) is 0 Å². The lowest BCUT2D eigenvalue weighted by molar-refractivity contribution is -0.124. The Morgan fingerprint density at radius 1 is 1.33 bits per heavy atom. The number of aromatic nitrogens is 3. The normalized spacial score (nSPS) is 12.3. The highest BCUT2D eigenvalue weighted by Crippen LogP contribution is 2.17. The highest BCUT2D eigenvalue weighted by Gasteiger charge is 2.18. The number of hydrogen-bond acceptors (Lipinski definition) is 5. The van der Waals surface area contributed by atoms with Crippen LogP contribution in [0, 0.1) is 13.8 Å². The molecule has 0 spiro atoms. The average molecular weight is 342 g/mol. The van der Waals surface area contributed by atoms with E-state index in [9.17, 15) is 9.59 Å². The maximum absolute atomic E-state index is 12.5. The first-order chi connectivity index (χ1) is 11.5. The summed E-state index contributed by atoms with van der Waals surface area (Å²) in [6.07, 6.45) is 1.43. The van der Waals surface area contributed by atoms with Gasteiger partial charge in [-0.2, -0.15) is 0 Å². The summed E-state index contributed by atoms with van der Waals surface area (Å²) < 4.78 is 1.36. The number of carbonyl (C=O) groups is 1. The number of nitrogens with one attached hydrogen (secondary N) is 1. The van der Waals surface area contributed by atoms with E-state index in [2.05, 4.69) is 15.3 Å². The molecule has 1 unspecified atom stereocenters. The van der Waals surface area contributed by atoms with E-state index < -0.39 is 6.04 Å². The third kappa shape index (κ3) is 3.07. The fraction of sp³-hybridized carbons (Fsp3) is 0.294. The molecule has 1 N–H and O–H groups in total. The molecule has 0 fully saturated rings. The largest absolute Gasteiger partial charge is 0.349 e. The van der Waals surface area contributed by atoms with Crippen molar-refractivity contribution < 1.29 is 4.79 Å². The quantitative estimate of drug-likeness (QED) is 0.789. The Labute approximate surface area is 143 Å². The SMILES string of the molecule is Cc1nc(C)c(CNC(=O)C(C)n2cnc3ccccc3c2=O)s1. The van der Waals surface area contributed by atoms with Gasteiger partial charge in [-0.25, -0.2) is 9.97 Å². The second kappa shape index (κ2) is 6.52. The van der Waals surface area contributed by atoms with Crippen LogP contribution in [0.5, 0.6) is 0 Å². The highest BCUT2D eigenvalue weighted by molar-refractivity contribution is 7.11. The molecule has 1 amide bonds. The van der Waals surface area contributed by atoms with Crippen molar-refractivity contribution in [3.05, 3.63) is 56.5 Å². The Hall–Kier alpha value is -2.54. The van der Waals surface area contributed by atoms with Gasteiger partial charge in [-0.15, -0.1) is 11.3 Å². The van der Waals surface area contributed by atoms with Gasteiger partial charge < -0.3 is 5.32 Å². The summed E-state index contributed by atoms with van der Waals surface area (Å²) in [5, 5.41) is 4.35. The molecular weight excluding hydrogens is 324 g/mol. The number of fused-ring (bicyclic) bond motifs is 1. The summed E-state index contributed by atoms with van der Waals surface area (Å²) in [6.45, 7) is 5.96. The number of carbonyl (C=O) groups excluding carboxylic acids is 1. The summed E-state index contributed by atoms with van der Waals surface area (Å²) in [5.41, 5.74) is 1.34. The van der Waals surface area contributed by atoms with Crippen LogP contribution < -0.4 is 10.9 Å². The average Bonchev–Trinajstić information content (AvgIpc) is 2.90. The molecule has 0 saturated carbocycles. The van der Waals surface area contributed by atoms with Gasteiger partial charge >= 0.3 is 0 Å². The van der Waals surface area contributed by atoms with E-state index in [-0.39, 0.29) is 11.5 Å². The lowest BCUT2D eigenvalue weighted by Crippen LogP contribution is -2.35. The maximum Gasteiger partial charge on any atom is 0.261 e. The minimum Gasteiger partial charge on any atom is -0.349 e. The van der Waals surface area contributed by atoms with Gasteiger partial charge in [0.1, 0.15) is 6.04 Å². The van der Waals surface area contributed by atoms with E-state index in [0.717, 1.165) is 15.6 Å². The number of hydrogen-bond donors (Lipinski definition) is 1. The Morgan fingerprint density at radius 3 is 2.79 bits per heavy atom. The molecule has 7 heteroatoms. The van der Waals surface area contributed by atoms with Gasteiger partial charge in [-0.3, -0.25) is 14.2 Å². The van der Waals surface area contributed by atoms with Crippen LogP contribution in [0.3, 0.4) is 0 Å². The number of aryl methyl sites for hydroxylation is 2. The first-order valence-corrected chi connectivity index (χ1v) is 8.45. The number of rotatable bonds is 4. The predicted molar refractivity (Wildman–Crippen MR) is 94.1 cm³/mol. The van der Waals surface area contributed by atoms with Crippen molar-refractivity contribution in [1.29, 1.82) is 0 Å². The van der Waals surface area contributed by atoms with Gasteiger partial charge in [0.15, 0.2) is 0 Å². The highest BCUT2D eigenvalue weighted by atomic mass is 32.1. The van der Waals surface area contributed by atoms with Gasteiger partial charge in [-0.1, -0.05) is 12.1 Å². The van der Waals surface area contributed by atoms with Crippen molar-refractivity contribution >= 4 is 28.1 Å². The summed E-state index contributed by atoms with van der Waals surface area (Å²) in [4.78, 5) is 34.6. The van der Waals surface area contributed by atoms with Gasteiger partial charge in [0.05, 0.1) is 34.5 Å². The van der Waals surface area contributed by atoms with Crippen LogP contribution >= 0.6 is 11.3 Å². The topological polar surface area (TPSA) is 76.9 Å². The minimum atomic E-state index is -0.635. The molecule has 0 aliphatic heterocycles. The zero-order chi connectivity index (χ0) is 17.3. The molecule has 2 aromatic heterocycles. The van der Waals surface area contributed by atoms with Gasteiger partial charge in [0.2, 0.25) is 5.91 Å². The molecule has 0 bridgehead atoms. The molecular formula is C17H18N4O2S. The molecule has 0 aliphatic carbocycles. The Kier molecular flexibility index (Phi) is 4.44. The number of para-hydroxylation sites is 1. The second-order valence-electron chi connectivity index (χ2n) is 5.61. The standard InChI is InChI=1S/C17H18N4O2S/c1-10-15(24-12(3)20-10)8-18-16(22)11(2)21-9-19-14-7-5-4-6-13(14)17(21)23/h4-7,9,11H,8H2,1-3H3,(H,18,22). The molecule has 3 aromatic rings. The zero-order valence-electron chi connectivity index (χ0n) is 13.7. The molecule has 3 rings (SSSR count). The molecule has 2 heterocycles. The molecule has 24 heavy (non-hydrogen) atoms. The first-order valence-electron chi connectivity index (χ1n) is 7.64. The van der Waals surface area contributed by atoms with Gasteiger partial charge in [-0.05, 0) is 32.9 Å². The zero-order valence-corrected chi connectivity index (χ0v) is 14.6. The monoisotopic (exact) mass is 342 g/mol. The smallest absolute Gasteiger partial charge is 0.261 e. The Balaban J connectivity index is 1.79. The summed E-state index contributed by atoms with van der Waals surface area (Å²) in [5.74, 6) is -0.223. The molecule has 6 nitrogen and oxygen atoms in total. The van der Waals surface area contributed by atoms with Gasteiger partial charge in [0.25, 0.3) is 5.56 Å². The lowest BCUT2D eigenvalue weighted by Gasteiger charge is -2.15. The number of thiazole rings is 1. The molecule has 1 atom stereocenters. The first kappa shape index (κ1) is 16.3. The summed E-state index contributed by atoms with van der Waals surface area (Å²) >= 11 is 1.56. The maximum atomic E-state index is 12.5. The van der Waals surface area contributed by atoms with Crippen LogP contribution in [0.2, 0.25) is 0 Å². The van der Waals surface area contributed by atoms with Crippen molar-refractivity contribution in [3.63, 3.8) is 0 Å². The van der Waals surface area contributed by atoms with Crippen LogP contribution in [0.25, 0.3) is 10.9 Å². The fourth-order valence-corrected chi connectivity index (χ4v) is 3.41. The summed E-state index contributed by atoms with van der Waals surface area (Å²) in [7, 11) is 0. The van der Waals surface area contributed by atoms with E-state index in [1.165, 1.54) is 10.9 Å². The van der Waals surface area contributed by atoms with E-state index in [1.54, 1.807) is 36.5 Å². The van der Waals surface area contributed by atoms with Crippen LogP contribution in [-0.4, -0.2) is 20.4 Å². The molecule has 0 radical (unpaired) electrons. The molecule has 0 aliphatic rings. The minimum absolute atomic E-state index is 0.215. The van der Waals surface area contributed by atoms with Gasteiger partial charge in [0, 0.05) is 4.88 Å². The number of amides is 1. The third-order valence-electron chi connectivity index (χ3n) is 3.91. The van der Waals surface area contributed by atoms with E-state index >= 15 is 0 Å². The Bertz CT molecular complexity index is 961. The second-order valence-corrected chi connectivity index (χ2v) is 6.90. The number of benzene rings is 1. The lowest BCUT2D eigenvalue weighted by atomic mass is 10.2. The van der Waals surface area contributed by atoms with E-state index in [1.807, 2.05) is 19.9 Å². The summed E-state index contributed by atoms with van der Waals surface area (Å²) in [6, 6.07) is 6.48. The van der Waals surface area contributed by atoms with Crippen molar-refractivity contribution in [1.82, 2.24) is 19.9 Å². The third-order valence-corrected chi connectivity index (χ3v) is 4.98. The predicted octanol–water partition coefficient (Wildman–Crippen LogP) is 2.35. The van der Waals surface area contributed by atoms with Crippen LogP contribution in [-0.2, 0) is 11.3 Å². The molecule has 1 aromatic carbocycles. The van der Waals surface area contributed by atoms with Crippen LogP contribution in [0.4, 0.5) is 0 Å². The Morgan fingerprint density at radius 2 is 2.08 bits per heavy atom. The van der Waals surface area contributed by atoms with Crippen molar-refractivity contribution in [3.8, 4) is 0 Å². The van der Waals surface area contributed by atoms with Crippen molar-refractivity contribution in [2.45, 2.75) is 33.4 Å². The van der Waals surface area contributed by atoms with Crippen LogP contribution in [0.15, 0.2) is 35.4 Å². The van der Waals surface area contributed by atoms with Crippen LogP contribution in [0.1, 0.15) is 28.5 Å². The van der Waals surface area contributed by atoms with Crippen molar-refractivity contribution in [2.75, 3.05) is 0 Å².